The molecule has 0 fully saturated rings. The molecule has 0 saturated heterocycles. The largest absolute Gasteiger partial charge is 0.371 e. The monoisotopic (exact) mass is 284 g/mol. The van der Waals surface area contributed by atoms with Gasteiger partial charge in [0.05, 0.1) is 0 Å². The second kappa shape index (κ2) is 5.90. The van der Waals surface area contributed by atoms with E-state index in [1.54, 1.807) is 0 Å². The lowest BCUT2D eigenvalue weighted by molar-refractivity contribution is 0.652. The number of imidazole rings is 1. The van der Waals surface area contributed by atoms with Crippen molar-refractivity contribution in [3.63, 3.8) is 0 Å². The van der Waals surface area contributed by atoms with E-state index in [-0.39, 0.29) is 0 Å². The lowest BCUT2D eigenvalue weighted by atomic mass is 10.0. The Labute approximate surface area is 126 Å². The smallest absolute Gasteiger partial charge is 0.110 e. The van der Waals surface area contributed by atoms with E-state index in [1.165, 1.54) is 16.8 Å². The highest BCUT2D eigenvalue weighted by molar-refractivity contribution is 5.59. The molecule has 2 aromatic rings. The van der Waals surface area contributed by atoms with Crippen LogP contribution in [-0.4, -0.2) is 29.7 Å². The minimum absolute atomic E-state index is 0.414. The number of aromatic nitrogens is 2. The molecule has 1 unspecified atom stereocenters. The van der Waals surface area contributed by atoms with E-state index >= 15 is 0 Å². The third kappa shape index (κ3) is 2.81. The summed E-state index contributed by atoms with van der Waals surface area (Å²) in [4.78, 5) is 6.89. The Morgan fingerprint density at radius 3 is 2.95 bits per heavy atom. The van der Waals surface area contributed by atoms with Crippen LogP contribution in [-0.2, 0) is 19.9 Å². The van der Waals surface area contributed by atoms with Gasteiger partial charge >= 0.3 is 0 Å². The van der Waals surface area contributed by atoms with Gasteiger partial charge in [0.2, 0.25) is 0 Å². The van der Waals surface area contributed by atoms with Crippen LogP contribution in [0.3, 0.4) is 0 Å². The summed E-state index contributed by atoms with van der Waals surface area (Å²) in [7, 11) is 4.07. The Morgan fingerprint density at radius 2 is 2.24 bits per heavy atom. The van der Waals surface area contributed by atoms with E-state index in [0.717, 1.165) is 31.8 Å². The van der Waals surface area contributed by atoms with Gasteiger partial charge in [0.25, 0.3) is 0 Å². The lowest BCUT2D eigenvalue weighted by Gasteiger charge is -2.20. The minimum atomic E-state index is 0.414. The first-order chi connectivity index (χ1) is 10.2. The van der Waals surface area contributed by atoms with Crippen molar-refractivity contribution in [2.75, 3.05) is 25.0 Å². The number of nitrogens with zero attached hydrogens (tertiary/aromatic N) is 3. The summed E-state index contributed by atoms with van der Waals surface area (Å²) < 4.78 is 2.11. The van der Waals surface area contributed by atoms with Crippen molar-refractivity contribution in [1.29, 1.82) is 0 Å². The van der Waals surface area contributed by atoms with Gasteiger partial charge < -0.3 is 14.8 Å². The van der Waals surface area contributed by atoms with Gasteiger partial charge in [-0.1, -0.05) is 12.1 Å². The third-order valence-electron chi connectivity index (χ3n) is 4.55. The van der Waals surface area contributed by atoms with E-state index in [0.29, 0.717) is 6.04 Å². The molecule has 1 aliphatic rings. The van der Waals surface area contributed by atoms with Gasteiger partial charge in [0, 0.05) is 50.7 Å². The number of nitrogens with one attached hydrogen (secondary N) is 1. The van der Waals surface area contributed by atoms with Crippen LogP contribution >= 0.6 is 0 Å². The molecular formula is C17H24N4. The quantitative estimate of drug-likeness (QED) is 0.914. The van der Waals surface area contributed by atoms with E-state index in [2.05, 4.69) is 51.9 Å². The molecule has 4 nitrogen and oxygen atoms in total. The molecule has 0 saturated carbocycles. The average Bonchev–Trinajstić information content (AvgIpc) is 3.09. The van der Waals surface area contributed by atoms with Gasteiger partial charge in [-0.15, -0.1) is 0 Å². The van der Waals surface area contributed by atoms with Gasteiger partial charge in [-0.05, 0) is 37.6 Å². The average molecular weight is 284 g/mol. The second-order valence-corrected chi connectivity index (χ2v) is 5.84. The van der Waals surface area contributed by atoms with Crippen LogP contribution in [0.5, 0.6) is 0 Å². The highest BCUT2D eigenvalue weighted by atomic mass is 15.2. The highest BCUT2D eigenvalue weighted by Crippen LogP contribution is 2.30. The third-order valence-corrected chi connectivity index (χ3v) is 4.55. The molecular weight excluding hydrogens is 260 g/mol. The molecule has 1 aromatic heterocycles. The van der Waals surface area contributed by atoms with Crippen LogP contribution in [0.4, 0.5) is 5.69 Å². The molecule has 1 aliphatic heterocycles. The van der Waals surface area contributed by atoms with Crippen molar-refractivity contribution in [2.45, 2.75) is 25.8 Å². The van der Waals surface area contributed by atoms with E-state index in [4.69, 9.17) is 0 Å². The number of anilines is 1. The summed E-state index contributed by atoms with van der Waals surface area (Å²) >= 11 is 0. The zero-order valence-corrected chi connectivity index (χ0v) is 13.1. The molecule has 3 rings (SSSR count). The number of fused-ring (bicyclic) bond motifs is 1. The fraction of sp³-hybridized carbons (Fsp3) is 0.471. The summed E-state index contributed by atoms with van der Waals surface area (Å²) in [6, 6.07) is 7.30. The summed E-state index contributed by atoms with van der Waals surface area (Å²) in [6.07, 6.45) is 6.04. The molecule has 0 bridgehead atoms. The first kappa shape index (κ1) is 14.1. The van der Waals surface area contributed by atoms with Crippen LogP contribution < -0.4 is 10.2 Å². The summed E-state index contributed by atoms with van der Waals surface area (Å²) in [5.74, 6) is 1.16. The lowest BCUT2D eigenvalue weighted by Crippen LogP contribution is -2.24. The van der Waals surface area contributed by atoms with Gasteiger partial charge in [0.1, 0.15) is 5.82 Å². The van der Waals surface area contributed by atoms with Gasteiger partial charge in [-0.3, -0.25) is 0 Å². The van der Waals surface area contributed by atoms with Crippen molar-refractivity contribution >= 4 is 5.69 Å². The molecule has 1 N–H and O–H groups in total. The standard InChI is InChI=1S/C17H24N4/c1-13(18-2)14-4-5-16-15(12-14)6-9-21(16)10-7-17-19-8-11-20(17)3/h4-5,8,11-13,18H,6-7,9-10H2,1-3H3. The van der Waals surface area contributed by atoms with Crippen molar-refractivity contribution in [3.05, 3.63) is 47.5 Å². The van der Waals surface area contributed by atoms with Crippen molar-refractivity contribution in [2.24, 2.45) is 7.05 Å². The zero-order chi connectivity index (χ0) is 14.8. The topological polar surface area (TPSA) is 33.1 Å². The molecule has 2 heterocycles. The Morgan fingerprint density at radius 1 is 1.38 bits per heavy atom. The van der Waals surface area contributed by atoms with Crippen molar-refractivity contribution in [3.8, 4) is 0 Å². The number of benzene rings is 1. The highest BCUT2D eigenvalue weighted by Gasteiger charge is 2.20. The fourth-order valence-corrected chi connectivity index (χ4v) is 3.03. The Hall–Kier alpha value is -1.81. The molecule has 21 heavy (non-hydrogen) atoms. The molecule has 0 aliphatic carbocycles. The maximum atomic E-state index is 4.41. The minimum Gasteiger partial charge on any atom is -0.371 e. The van der Waals surface area contributed by atoms with Gasteiger partial charge in [-0.25, -0.2) is 4.98 Å². The van der Waals surface area contributed by atoms with Crippen LogP contribution in [0.1, 0.15) is 29.9 Å². The second-order valence-electron chi connectivity index (χ2n) is 5.84. The predicted molar refractivity (Wildman–Crippen MR) is 86.7 cm³/mol. The first-order valence-corrected chi connectivity index (χ1v) is 7.70. The molecule has 4 heteroatoms. The number of aryl methyl sites for hydroxylation is 1. The SMILES string of the molecule is CNC(C)c1ccc2c(c1)CCN2CCc1nccn1C. The normalized spacial score (nSPS) is 15.3. The van der Waals surface area contributed by atoms with Crippen LogP contribution in [0.25, 0.3) is 0 Å². The van der Waals surface area contributed by atoms with E-state index in [9.17, 15) is 0 Å². The van der Waals surface area contributed by atoms with Gasteiger partial charge in [0.15, 0.2) is 0 Å². The molecule has 112 valence electrons. The Kier molecular flexibility index (Phi) is 3.97. The number of hydrogen-bond acceptors (Lipinski definition) is 3. The van der Waals surface area contributed by atoms with Crippen LogP contribution in [0.2, 0.25) is 0 Å². The van der Waals surface area contributed by atoms with E-state index in [1.807, 2.05) is 19.4 Å². The molecule has 0 amide bonds. The van der Waals surface area contributed by atoms with Crippen LogP contribution in [0, 0.1) is 0 Å². The Balaban J connectivity index is 1.70. The summed E-state index contributed by atoms with van der Waals surface area (Å²) in [5, 5.41) is 3.31. The fourth-order valence-electron chi connectivity index (χ4n) is 3.03. The molecule has 0 radical (unpaired) electrons. The summed E-state index contributed by atoms with van der Waals surface area (Å²) in [6.45, 7) is 4.37. The van der Waals surface area contributed by atoms with Gasteiger partial charge in [-0.2, -0.15) is 0 Å². The molecule has 1 aromatic carbocycles. The maximum absolute atomic E-state index is 4.41. The Bertz CT molecular complexity index is 617. The summed E-state index contributed by atoms with van der Waals surface area (Å²) in [5.41, 5.74) is 4.26. The molecule has 0 spiro atoms. The zero-order valence-electron chi connectivity index (χ0n) is 13.1. The maximum Gasteiger partial charge on any atom is 0.110 e. The number of rotatable bonds is 5. The first-order valence-electron chi connectivity index (χ1n) is 7.70. The molecule has 1 atom stereocenters. The van der Waals surface area contributed by atoms with Crippen molar-refractivity contribution < 1.29 is 0 Å². The predicted octanol–water partition coefficient (Wildman–Crippen LogP) is 2.31. The van der Waals surface area contributed by atoms with E-state index < -0.39 is 0 Å². The number of hydrogen-bond donors (Lipinski definition) is 1. The van der Waals surface area contributed by atoms with Crippen LogP contribution in [0.15, 0.2) is 30.6 Å². The van der Waals surface area contributed by atoms with Crippen molar-refractivity contribution in [1.82, 2.24) is 14.9 Å².